The number of alkyl halides is 3. The maximum Gasteiger partial charge on any atom is 0.422 e. The second-order valence-electron chi connectivity index (χ2n) is 3.53. The van der Waals surface area contributed by atoms with Gasteiger partial charge in [0, 0.05) is 0 Å². The van der Waals surface area contributed by atoms with Crippen LogP contribution in [0.15, 0.2) is 35.3 Å². The molecule has 6 heteroatoms. The molecule has 2 rings (SSSR count). The molecule has 92 valence electrons. The van der Waals surface area contributed by atoms with E-state index in [-0.39, 0.29) is 18.7 Å². The Morgan fingerprint density at radius 2 is 2.00 bits per heavy atom. The van der Waals surface area contributed by atoms with Crippen LogP contribution in [0.5, 0.6) is 0 Å². The average Bonchev–Trinajstić information content (AvgIpc) is 2.75. The van der Waals surface area contributed by atoms with Crippen LogP contribution in [0.4, 0.5) is 13.2 Å². The number of benzene rings is 1. The van der Waals surface area contributed by atoms with Gasteiger partial charge in [0.05, 0.1) is 6.54 Å². The Kier molecular flexibility index (Phi) is 3.21. The average molecular weight is 245 g/mol. The first kappa shape index (κ1) is 11.8. The van der Waals surface area contributed by atoms with E-state index in [4.69, 9.17) is 4.74 Å². The standard InChI is InChI=1S/C11H10F3NO2/c12-11(13,14)7-16-10-15-6-9(17-10)8-4-2-1-3-5-8/h1-5,9H,6-7H2/t9-/m0/s1. The minimum atomic E-state index is -4.38. The molecule has 1 aromatic carbocycles. The van der Waals surface area contributed by atoms with Gasteiger partial charge in [0.1, 0.15) is 6.10 Å². The molecule has 0 aliphatic carbocycles. The third kappa shape index (κ3) is 3.37. The number of hydrogen-bond acceptors (Lipinski definition) is 3. The smallest absolute Gasteiger partial charge is 0.422 e. The van der Waals surface area contributed by atoms with Gasteiger partial charge in [0.2, 0.25) is 0 Å². The van der Waals surface area contributed by atoms with E-state index in [0.29, 0.717) is 0 Å². The van der Waals surface area contributed by atoms with Gasteiger partial charge in [-0.05, 0) is 5.56 Å². The van der Waals surface area contributed by atoms with Crippen LogP contribution in [0.2, 0.25) is 0 Å². The lowest BCUT2D eigenvalue weighted by Crippen LogP contribution is -2.20. The van der Waals surface area contributed by atoms with Crippen molar-refractivity contribution >= 4 is 6.08 Å². The van der Waals surface area contributed by atoms with Gasteiger partial charge in [-0.3, -0.25) is 0 Å². The Morgan fingerprint density at radius 1 is 1.29 bits per heavy atom. The first-order valence-corrected chi connectivity index (χ1v) is 5.00. The minimum absolute atomic E-state index is 0.275. The normalized spacial score (nSPS) is 19.7. The molecule has 17 heavy (non-hydrogen) atoms. The van der Waals surface area contributed by atoms with Crippen LogP contribution in [-0.2, 0) is 9.47 Å². The number of halogens is 3. The highest BCUT2D eigenvalue weighted by atomic mass is 19.4. The number of ether oxygens (including phenoxy) is 2. The van der Waals surface area contributed by atoms with E-state index in [9.17, 15) is 13.2 Å². The molecule has 0 amide bonds. The van der Waals surface area contributed by atoms with Crippen molar-refractivity contribution in [3.8, 4) is 0 Å². The largest absolute Gasteiger partial charge is 0.441 e. The van der Waals surface area contributed by atoms with Gasteiger partial charge in [0.15, 0.2) is 6.61 Å². The molecule has 0 spiro atoms. The van der Waals surface area contributed by atoms with Crippen molar-refractivity contribution in [2.45, 2.75) is 12.3 Å². The second kappa shape index (κ2) is 4.65. The molecule has 1 aromatic rings. The lowest BCUT2D eigenvalue weighted by atomic mass is 10.1. The van der Waals surface area contributed by atoms with Gasteiger partial charge in [-0.25, -0.2) is 4.99 Å². The molecule has 1 atom stereocenters. The predicted octanol–water partition coefficient (Wildman–Crippen LogP) is 2.69. The summed E-state index contributed by atoms with van der Waals surface area (Å²) >= 11 is 0. The summed E-state index contributed by atoms with van der Waals surface area (Å²) in [6.07, 6.45) is -5.04. The van der Waals surface area contributed by atoms with Crippen LogP contribution in [-0.4, -0.2) is 25.4 Å². The second-order valence-corrected chi connectivity index (χ2v) is 3.53. The summed E-state index contributed by atoms with van der Waals surface area (Å²) in [7, 11) is 0. The van der Waals surface area contributed by atoms with Gasteiger partial charge >= 0.3 is 12.3 Å². The predicted molar refractivity (Wildman–Crippen MR) is 54.6 cm³/mol. The molecule has 0 bridgehead atoms. The lowest BCUT2D eigenvalue weighted by molar-refractivity contribution is -0.160. The van der Waals surface area contributed by atoms with Gasteiger partial charge in [-0.1, -0.05) is 30.3 Å². The third-order valence-electron chi connectivity index (χ3n) is 2.16. The molecule has 0 saturated carbocycles. The molecule has 0 radical (unpaired) electrons. The summed E-state index contributed by atoms with van der Waals surface area (Å²) in [6.45, 7) is -1.11. The summed E-state index contributed by atoms with van der Waals surface area (Å²) in [5.74, 6) is 0. The molecule has 1 heterocycles. The van der Waals surface area contributed by atoms with Crippen molar-refractivity contribution in [1.82, 2.24) is 0 Å². The topological polar surface area (TPSA) is 30.8 Å². The van der Waals surface area contributed by atoms with E-state index >= 15 is 0 Å². The SMILES string of the molecule is FC(F)(F)COC1=NC[C@@H](c2ccccc2)O1. The Bertz CT molecular complexity index is 403. The van der Waals surface area contributed by atoms with Crippen LogP contribution in [0.1, 0.15) is 11.7 Å². The van der Waals surface area contributed by atoms with Crippen LogP contribution >= 0.6 is 0 Å². The zero-order chi connectivity index (χ0) is 12.3. The van der Waals surface area contributed by atoms with Gasteiger partial charge < -0.3 is 9.47 Å². The highest BCUT2D eigenvalue weighted by Gasteiger charge is 2.31. The van der Waals surface area contributed by atoms with Crippen molar-refractivity contribution in [3.05, 3.63) is 35.9 Å². The maximum absolute atomic E-state index is 11.9. The van der Waals surface area contributed by atoms with E-state index in [1.807, 2.05) is 30.3 Å². The minimum Gasteiger partial charge on any atom is -0.441 e. The molecule has 0 aromatic heterocycles. The molecular weight excluding hydrogens is 235 g/mol. The van der Waals surface area contributed by atoms with E-state index in [0.717, 1.165) is 5.56 Å². The number of hydrogen-bond donors (Lipinski definition) is 0. The van der Waals surface area contributed by atoms with E-state index in [1.54, 1.807) is 0 Å². The van der Waals surface area contributed by atoms with Crippen molar-refractivity contribution in [2.24, 2.45) is 4.99 Å². The fourth-order valence-electron chi connectivity index (χ4n) is 1.42. The van der Waals surface area contributed by atoms with Gasteiger partial charge in [-0.15, -0.1) is 0 Å². The van der Waals surface area contributed by atoms with Crippen molar-refractivity contribution in [1.29, 1.82) is 0 Å². The van der Waals surface area contributed by atoms with E-state index < -0.39 is 12.8 Å². The van der Waals surface area contributed by atoms with Gasteiger partial charge in [-0.2, -0.15) is 13.2 Å². The van der Waals surface area contributed by atoms with Crippen molar-refractivity contribution < 1.29 is 22.6 Å². The first-order valence-electron chi connectivity index (χ1n) is 5.00. The Morgan fingerprint density at radius 3 is 2.65 bits per heavy atom. The maximum atomic E-state index is 11.9. The molecule has 3 nitrogen and oxygen atoms in total. The molecule has 0 saturated heterocycles. The molecule has 0 fully saturated rings. The van der Waals surface area contributed by atoms with Crippen molar-refractivity contribution in [3.63, 3.8) is 0 Å². The van der Waals surface area contributed by atoms with E-state index in [1.165, 1.54) is 0 Å². The molecule has 0 unspecified atom stereocenters. The highest BCUT2D eigenvalue weighted by Crippen LogP contribution is 2.24. The van der Waals surface area contributed by atoms with Crippen LogP contribution in [0, 0.1) is 0 Å². The monoisotopic (exact) mass is 245 g/mol. The third-order valence-corrected chi connectivity index (χ3v) is 2.16. The number of aliphatic imine (C=N–C) groups is 1. The summed E-state index contributed by atoms with van der Waals surface area (Å²) in [5.41, 5.74) is 0.863. The Labute approximate surface area is 95.9 Å². The molecule has 1 aliphatic heterocycles. The fraction of sp³-hybridized carbons (Fsp3) is 0.364. The summed E-state index contributed by atoms with van der Waals surface area (Å²) < 4.78 is 45.3. The lowest BCUT2D eigenvalue weighted by Gasteiger charge is -2.12. The first-order chi connectivity index (χ1) is 8.04. The Hall–Kier alpha value is -1.72. The number of rotatable bonds is 2. The van der Waals surface area contributed by atoms with Gasteiger partial charge in [0.25, 0.3) is 0 Å². The Balaban J connectivity index is 1.87. The number of nitrogens with zero attached hydrogens (tertiary/aromatic N) is 1. The van der Waals surface area contributed by atoms with Crippen LogP contribution in [0.25, 0.3) is 0 Å². The molecular formula is C11H10F3NO2. The fourth-order valence-corrected chi connectivity index (χ4v) is 1.42. The van der Waals surface area contributed by atoms with Crippen LogP contribution in [0.3, 0.4) is 0 Å². The van der Waals surface area contributed by atoms with Crippen LogP contribution < -0.4 is 0 Å². The summed E-state index contributed by atoms with van der Waals surface area (Å²) in [6, 6.07) is 9.15. The zero-order valence-corrected chi connectivity index (χ0v) is 8.78. The zero-order valence-electron chi connectivity index (χ0n) is 8.78. The highest BCUT2D eigenvalue weighted by molar-refractivity contribution is 5.69. The van der Waals surface area contributed by atoms with Crippen molar-refractivity contribution in [2.75, 3.05) is 13.2 Å². The molecule has 0 N–H and O–H groups in total. The quantitative estimate of drug-likeness (QED) is 0.802. The summed E-state index contributed by atoms with van der Waals surface area (Å²) in [5, 5.41) is 0. The summed E-state index contributed by atoms with van der Waals surface area (Å²) in [4.78, 5) is 3.77. The van der Waals surface area contributed by atoms with E-state index in [2.05, 4.69) is 9.73 Å². The molecule has 1 aliphatic rings.